The fourth-order valence-corrected chi connectivity index (χ4v) is 2.27. The van der Waals surface area contributed by atoms with Gasteiger partial charge in [-0.25, -0.2) is 0 Å². The summed E-state index contributed by atoms with van der Waals surface area (Å²) >= 11 is 6.05. The molecular formula is C14H12ClN3O. The minimum absolute atomic E-state index is 0.635. The number of nitrogen functional groups attached to an aromatic ring is 1. The van der Waals surface area contributed by atoms with E-state index >= 15 is 0 Å². The quantitative estimate of drug-likeness (QED) is 0.703. The van der Waals surface area contributed by atoms with E-state index in [0.717, 1.165) is 27.9 Å². The summed E-state index contributed by atoms with van der Waals surface area (Å²) in [5.74, 6) is 0.722. The molecule has 3 rings (SSSR count). The van der Waals surface area contributed by atoms with Gasteiger partial charge < -0.3 is 10.5 Å². The molecule has 0 fully saturated rings. The monoisotopic (exact) mass is 273 g/mol. The molecule has 0 atom stereocenters. The van der Waals surface area contributed by atoms with E-state index in [-0.39, 0.29) is 0 Å². The van der Waals surface area contributed by atoms with Crippen LogP contribution in [0.3, 0.4) is 0 Å². The maximum Gasteiger partial charge on any atom is 0.128 e. The van der Waals surface area contributed by atoms with E-state index in [4.69, 9.17) is 22.1 Å². The predicted molar refractivity (Wildman–Crippen MR) is 77.5 cm³/mol. The van der Waals surface area contributed by atoms with Gasteiger partial charge >= 0.3 is 0 Å². The number of nitrogens with one attached hydrogen (secondary N) is 1. The van der Waals surface area contributed by atoms with Crippen molar-refractivity contribution in [2.75, 3.05) is 12.8 Å². The summed E-state index contributed by atoms with van der Waals surface area (Å²) in [6.45, 7) is 0. The molecule has 2 aromatic carbocycles. The Morgan fingerprint density at radius 3 is 2.84 bits per heavy atom. The third kappa shape index (κ3) is 2.00. The molecule has 3 N–H and O–H groups in total. The van der Waals surface area contributed by atoms with Crippen molar-refractivity contribution < 1.29 is 4.74 Å². The molecule has 0 radical (unpaired) electrons. The van der Waals surface area contributed by atoms with Crippen LogP contribution in [0.5, 0.6) is 5.75 Å². The number of anilines is 1. The van der Waals surface area contributed by atoms with Crippen LogP contribution in [-0.2, 0) is 0 Å². The van der Waals surface area contributed by atoms with E-state index in [9.17, 15) is 0 Å². The Kier molecular flexibility index (Phi) is 2.80. The number of halogens is 1. The average molecular weight is 274 g/mol. The zero-order valence-electron chi connectivity index (χ0n) is 10.3. The van der Waals surface area contributed by atoms with Crippen LogP contribution in [0.25, 0.3) is 22.2 Å². The van der Waals surface area contributed by atoms with Crippen molar-refractivity contribution in [1.29, 1.82) is 0 Å². The topological polar surface area (TPSA) is 63.9 Å². The Morgan fingerprint density at radius 1 is 1.21 bits per heavy atom. The van der Waals surface area contributed by atoms with Gasteiger partial charge in [-0.3, -0.25) is 5.10 Å². The summed E-state index contributed by atoms with van der Waals surface area (Å²) in [5.41, 5.74) is 9.06. The maximum absolute atomic E-state index is 6.05. The fourth-order valence-electron chi connectivity index (χ4n) is 2.10. The van der Waals surface area contributed by atoms with Crippen molar-refractivity contribution in [2.24, 2.45) is 0 Å². The average Bonchev–Trinajstić information content (AvgIpc) is 2.81. The first kappa shape index (κ1) is 11.9. The third-order valence-electron chi connectivity index (χ3n) is 3.00. The van der Waals surface area contributed by atoms with Gasteiger partial charge in [0.1, 0.15) is 11.4 Å². The number of methoxy groups -OCH3 is 1. The lowest BCUT2D eigenvalue weighted by molar-refractivity contribution is 0.416. The number of benzene rings is 2. The van der Waals surface area contributed by atoms with Gasteiger partial charge in [0.25, 0.3) is 0 Å². The molecule has 0 saturated heterocycles. The zero-order valence-corrected chi connectivity index (χ0v) is 11.0. The van der Waals surface area contributed by atoms with E-state index in [1.807, 2.05) is 30.3 Å². The molecule has 0 unspecified atom stereocenters. The van der Waals surface area contributed by atoms with Gasteiger partial charge in [-0.2, -0.15) is 5.10 Å². The Hall–Kier alpha value is -2.20. The minimum Gasteiger partial charge on any atom is -0.496 e. The van der Waals surface area contributed by atoms with Crippen molar-refractivity contribution in [3.8, 4) is 17.0 Å². The smallest absolute Gasteiger partial charge is 0.128 e. The number of rotatable bonds is 2. The second kappa shape index (κ2) is 4.48. The minimum atomic E-state index is 0.635. The normalized spacial score (nSPS) is 10.8. The lowest BCUT2D eigenvalue weighted by atomic mass is 10.1. The van der Waals surface area contributed by atoms with Gasteiger partial charge in [0.2, 0.25) is 0 Å². The summed E-state index contributed by atoms with van der Waals surface area (Å²) in [6, 6.07) is 11.1. The standard InChI is InChI=1S/C14H12ClN3O/c1-19-13-5-2-8(15)6-11(13)14-10-7-9(16)3-4-12(10)17-18-14/h2-7H,16H2,1H3,(H,17,18). The molecule has 4 nitrogen and oxygen atoms in total. The molecule has 1 aromatic heterocycles. The zero-order chi connectivity index (χ0) is 13.4. The van der Waals surface area contributed by atoms with Crippen molar-refractivity contribution in [1.82, 2.24) is 10.2 Å². The van der Waals surface area contributed by atoms with Crippen LogP contribution in [0.4, 0.5) is 5.69 Å². The summed E-state index contributed by atoms with van der Waals surface area (Å²) in [7, 11) is 1.62. The molecule has 0 aliphatic heterocycles. The van der Waals surface area contributed by atoms with Crippen LogP contribution >= 0.6 is 11.6 Å². The third-order valence-corrected chi connectivity index (χ3v) is 3.24. The molecular weight excluding hydrogens is 262 g/mol. The molecule has 19 heavy (non-hydrogen) atoms. The van der Waals surface area contributed by atoms with Crippen molar-refractivity contribution in [2.45, 2.75) is 0 Å². The highest BCUT2D eigenvalue weighted by atomic mass is 35.5. The van der Waals surface area contributed by atoms with Crippen LogP contribution in [0.1, 0.15) is 0 Å². The first-order valence-corrected chi connectivity index (χ1v) is 6.14. The van der Waals surface area contributed by atoms with Crippen LogP contribution in [0.2, 0.25) is 5.02 Å². The Labute approximate surface area is 115 Å². The predicted octanol–water partition coefficient (Wildman–Crippen LogP) is 3.47. The van der Waals surface area contributed by atoms with Gasteiger partial charge in [-0.15, -0.1) is 0 Å². The Balaban J connectivity index is 2.29. The van der Waals surface area contributed by atoms with Gasteiger partial charge in [0, 0.05) is 21.7 Å². The molecule has 0 bridgehead atoms. The number of nitrogens with zero attached hydrogens (tertiary/aromatic N) is 1. The van der Waals surface area contributed by atoms with E-state index in [1.165, 1.54) is 0 Å². The van der Waals surface area contributed by atoms with E-state index < -0.39 is 0 Å². The SMILES string of the molecule is COc1ccc(Cl)cc1-c1n[nH]c2ccc(N)cc12. The highest BCUT2D eigenvalue weighted by Crippen LogP contribution is 2.35. The first-order valence-electron chi connectivity index (χ1n) is 5.76. The number of aromatic nitrogens is 2. The molecule has 96 valence electrons. The lowest BCUT2D eigenvalue weighted by Crippen LogP contribution is -1.89. The highest BCUT2D eigenvalue weighted by molar-refractivity contribution is 6.31. The maximum atomic E-state index is 6.05. The van der Waals surface area contributed by atoms with Gasteiger partial charge in [0.05, 0.1) is 12.6 Å². The lowest BCUT2D eigenvalue weighted by Gasteiger charge is -2.07. The van der Waals surface area contributed by atoms with Crippen LogP contribution < -0.4 is 10.5 Å². The number of ether oxygens (including phenoxy) is 1. The van der Waals surface area contributed by atoms with Crippen molar-refractivity contribution in [3.05, 3.63) is 41.4 Å². The first-order chi connectivity index (χ1) is 9.19. The van der Waals surface area contributed by atoms with Crippen molar-refractivity contribution >= 4 is 28.2 Å². The Bertz CT molecular complexity index is 752. The van der Waals surface area contributed by atoms with Gasteiger partial charge in [-0.05, 0) is 36.4 Å². The molecule has 5 heteroatoms. The van der Waals surface area contributed by atoms with E-state index in [2.05, 4.69) is 10.2 Å². The van der Waals surface area contributed by atoms with Crippen LogP contribution in [-0.4, -0.2) is 17.3 Å². The number of H-pyrrole nitrogens is 1. The Morgan fingerprint density at radius 2 is 2.05 bits per heavy atom. The fraction of sp³-hybridized carbons (Fsp3) is 0.0714. The summed E-state index contributed by atoms with van der Waals surface area (Å²) < 4.78 is 5.36. The van der Waals surface area contributed by atoms with Crippen LogP contribution in [0.15, 0.2) is 36.4 Å². The molecule has 1 heterocycles. The number of hydrogen-bond donors (Lipinski definition) is 2. The number of fused-ring (bicyclic) bond motifs is 1. The molecule has 0 spiro atoms. The molecule has 0 saturated carbocycles. The number of aromatic amines is 1. The molecule has 3 aromatic rings. The molecule has 0 aliphatic rings. The van der Waals surface area contributed by atoms with Crippen LogP contribution in [0, 0.1) is 0 Å². The number of hydrogen-bond acceptors (Lipinski definition) is 3. The van der Waals surface area contributed by atoms with Gasteiger partial charge in [-0.1, -0.05) is 11.6 Å². The summed E-state index contributed by atoms with van der Waals surface area (Å²) in [4.78, 5) is 0. The number of nitrogens with two attached hydrogens (primary N) is 1. The summed E-state index contributed by atoms with van der Waals surface area (Å²) in [6.07, 6.45) is 0. The van der Waals surface area contributed by atoms with E-state index in [1.54, 1.807) is 13.2 Å². The largest absolute Gasteiger partial charge is 0.496 e. The second-order valence-electron chi connectivity index (χ2n) is 4.22. The van der Waals surface area contributed by atoms with Gasteiger partial charge in [0.15, 0.2) is 0 Å². The second-order valence-corrected chi connectivity index (χ2v) is 4.66. The molecule has 0 aliphatic carbocycles. The van der Waals surface area contributed by atoms with E-state index in [0.29, 0.717) is 10.7 Å². The van der Waals surface area contributed by atoms with Crippen molar-refractivity contribution in [3.63, 3.8) is 0 Å². The molecule has 0 amide bonds. The summed E-state index contributed by atoms with van der Waals surface area (Å²) in [5, 5.41) is 8.90. The highest BCUT2D eigenvalue weighted by Gasteiger charge is 2.13.